The molecule has 0 atom stereocenters. The molecule has 1 aliphatic rings. The zero-order chi connectivity index (χ0) is 25.7. The number of alkyl halides is 2. The molecule has 1 aliphatic heterocycles. The van der Waals surface area contributed by atoms with Gasteiger partial charge in [0, 0.05) is 48.6 Å². The summed E-state index contributed by atoms with van der Waals surface area (Å²) in [6.07, 6.45) is 3.49. The number of aromatic nitrogens is 6. The number of pyridine rings is 2. The van der Waals surface area contributed by atoms with Gasteiger partial charge in [0.2, 0.25) is 0 Å². The van der Waals surface area contributed by atoms with Crippen molar-refractivity contribution in [1.82, 2.24) is 35.0 Å². The molecular formula is C29H23F2N7. The minimum atomic E-state index is -2.60. The second-order valence-electron chi connectivity index (χ2n) is 9.71. The van der Waals surface area contributed by atoms with E-state index in [9.17, 15) is 8.78 Å². The highest BCUT2D eigenvalue weighted by molar-refractivity contribution is 5.96. The van der Waals surface area contributed by atoms with Gasteiger partial charge in [-0.3, -0.25) is 15.0 Å². The first-order chi connectivity index (χ1) is 18.5. The molecule has 6 aromatic rings. The third-order valence-electron chi connectivity index (χ3n) is 6.99. The lowest BCUT2D eigenvalue weighted by Gasteiger charge is -2.16. The molecule has 0 unspecified atom stereocenters. The van der Waals surface area contributed by atoms with Crippen molar-refractivity contribution >= 4 is 22.1 Å². The van der Waals surface area contributed by atoms with Crippen LogP contribution in [0, 0.1) is 0 Å². The first-order valence-electron chi connectivity index (χ1n) is 12.5. The lowest BCUT2D eigenvalue weighted by atomic mass is 10.1. The molecular weight excluding hydrogens is 484 g/mol. The van der Waals surface area contributed by atoms with E-state index in [2.05, 4.69) is 20.2 Å². The van der Waals surface area contributed by atoms with E-state index in [4.69, 9.17) is 9.97 Å². The van der Waals surface area contributed by atoms with E-state index in [-0.39, 0.29) is 13.0 Å². The molecule has 7 rings (SSSR count). The van der Waals surface area contributed by atoms with Crippen LogP contribution in [0.25, 0.3) is 56.0 Å². The number of nitrogens with zero attached hydrogens (tertiary/aromatic N) is 5. The molecule has 38 heavy (non-hydrogen) atoms. The standard InChI is InChI=1S/C29H23F2N7/c30-29(31)11-13-38(17-29)16-18-4-1-5-19(14-18)22-9-10-24-26(33-22)27(37-36-24)28-34-23-8-2-7-21(25(23)35-28)20-6-3-12-32-15-20/h1-10,12,14-15H,11,13,16-17H2,(H,34,35)(H,36,37). The third kappa shape index (κ3) is 4.10. The monoisotopic (exact) mass is 507 g/mol. The largest absolute Gasteiger partial charge is 0.336 e. The van der Waals surface area contributed by atoms with Gasteiger partial charge < -0.3 is 4.98 Å². The highest BCUT2D eigenvalue weighted by Gasteiger charge is 2.37. The maximum Gasteiger partial charge on any atom is 0.261 e. The van der Waals surface area contributed by atoms with Gasteiger partial charge in [-0.25, -0.2) is 18.7 Å². The van der Waals surface area contributed by atoms with E-state index >= 15 is 0 Å². The third-order valence-corrected chi connectivity index (χ3v) is 6.99. The predicted molar refractivity (Wildman–Crippen MR) is 142 cm³/mol. The van der Waals surface area contributed by atoms with Crippen LogP contribution in [0.5, 0.6) is 0 Å². The Morgan fingerprint density at radius 2 is 1.79 bits per heavy atom. The summed E-state index contributed by atoms with van der Waals surface area (Å²) in [5.41, 5.74) is 8.52. The summed E-state index contributed by atoms with van der Waals surface area (Å²) in [6, 6.07) is 21.7. The van der Waals surface area contributed by atoms with Crippen molar-refractivity contribution in [1.29, 1.82) is 0 Å². The second kappa shape index (κ2) is 8.81. The summed E-state index contributed by atoms with van der Waals surface area (Å²) in [5, 5.41) is 7.59. The van der Waals surface area contributed by atoms with Crippen LogP contribution in [0.1, 0.15) is 12.0 Å². The molecule has 1 fully saturated rings. The molecule has 0 saturated carbocycles. The molecule has 2 N–H and O–H groups in total. The molecule has 0 bridgehead atoms. The quantitative estimate of drug-likeness (QED) is 0.296. The lowest BCUT2D eigenvalue weighted by Crippen LogP contribution is -2.24. The van der Waals surface area contributed by atoms with Crippen LogP contribution in [0.15, 0.2) is 79.1 Å². The number of para-hydroxylation sites is 1. The molecule has 0 aliphatic carbocycles. The van der Waals surface area contributed by atoms with Crippen LogP contribution < -0.4 is 0 Å². The van der Waals surface area contributed by atoms with E-state index in [0.29, 0.717) is 30.1 Å². The molecule has 5 heterocycles. The highest BCUT2D eigenvalue weighted by atomic mass is 19.3. The Labute approximate surface area is 216 Å². The fourth-order valence-electron chi connectivity index (χ4n) is 5.15. The van der Waals surface area contributed by atoms with Crippen molar-refractivity contribution in [2.24, 2.45) is 0 Å². The van der Waals surface area contributed by atoms with Gasteiger partial charge in [-0.05, 0) is 35.9 Å². The summed E-state index contributed by atoms with van der Waals surface area (Å²) in [5.74, 6) is -1.98. The number of aromatic amines is 2. The molecule has 1 saturated heterocycles. The minimum Gasteiger partial charge on any atom is -0.336 e. The Kier molecular flexibility index (Phi) is 5.26. The molecule has 9 heteroatoms. The number of fused-ring (bicyclic) bond motifs is 2. The average molecular weight is 508 g/mol. The normalized spacial score (nSPS) is 15.5. The summed E-state index contributed by atoms with van der Waals surface area (Å²) < 4.78 is 27.3. The number of rotatable bonds is 5. The van der Waals surface area contributed by atoms with Gasteiger partial charge in [-0.15, -0.1) is 0 Å². The van der Waals surface area contributed by atoms with Gasteiger partial charge in [0.15, 0.2) is 11.5 Å². The van der Waals surface area contributed by atoms with Crippen molar-refractivity contribution in [2.75, 3.05) is 13.1 Å². The van der Waals surface area contributed by atoms with E-state index in [1.165, 1.54) is 0 Å². The molecule has 0 radical (unpaired) electrons. The molecule has 7 nitrogen and oxygen atoms in total. The van der Waals surface area contributed by atoms with Gasteiger partial charge in [0.25, 0.3) is 5.92 Å². The number of H-pyrrole nitrogens is 2. The number of halogens is 2. The number of hydrogen-bond donors (Lipinski definition) is 2. The van der Waals surface area contributed by atoms with Crippen molar-refractivity contribution in [3.05, 3.63) is 84.7 Å². The fourth-order valence-corrected chi connectivity index (χ4v) is 5.15. The van der Waals surface area contributed by atoms with E-state index < -0.39 is 5.92 Å². The van der Waals surface area contributed by atoms with Crippen LogP contribution in [0.3, 0.4) is 0 Å². The van der Waals surface area contributed by atoms with Crippen LogP contribution >= 0.6 is 0 Å². The first kappa shape index (κ1) is 22.7. The first-order valence-corrected chi connectivity index (χ1v) is 12.5. The van der Waals surface area contributed by atoms with Crippen LogP contribution in [-0.2, 0) is 6.54 Å². The zero-order valence-electron chi connectivity index (χ0n) is 20.3. The number of benzene rings is 2. The maximum atomic E-state index is 13.6. The van der Waals surface area contributed by atoms with E-state index in [0.717, 1.165) is 44.5 Å². The smallest absolute Gasteiger partial charge is 0.261 e. The topological polar surface area (TPSA) is 86.4 Å². The zero-order valence-corrected chi connectivity index (χ0v) is 20.3. The fraction of sp³-hybridized carbons (Fsp3) is 0.172. The molecule has 0 spiro atoms. The Hall–Kier alpha value is -4.50. The summed E-state index contributed by atoms with van der Waals surface area (Å²) in [7, 11) is 0. The van der Waals surface area contributed by atoms with Crippen molar-refractivity contribution in [3.8, 4) is 33.9 Å². The van der Waals surface area contributed by atoms with Crippen molar-refractivity contribution < 1.29 is 8.78 Å². The van der Waals surface area contributed by atoms with E-state index in [1.807, 2.05) is 72.9 Å². The van der Waals surface area contributed by atoms with Gasteiger partial charge in [0.1, 0.15) is 5.52 Å². The Balaban J connectivity index is 1.24. The van der Waals surface area contributed by atoms with Crippen LogP contribution in [0.4, 0.5) is 8.78 Å². The lowest BCUT2D eigenvalue weighted by molar-refractivity contribution is 0.0115. The molecule has 0 amide bonds. The van der Waals surface area contributed by atoms with Gasteiger partial charge in [-0.2, -0.15) is 5.10 Å². The van der Waals surface area contributed by atoms with Gasteiger partial charge in [-0.1, -0.05) is 36.4 Å². The Bertz CT molecular complexity index is 1770. The average Bonchev–Trinajstić information content (AvgIpc) is 3.64. The molecule has 188 valence electrons. The van der Waals surface area contributed by atoms with Crippen LogP contribution in [-0.4, -0.2) is 54.0 Å². The number of nitrogens with one attached hydrogen (secondary N) is 2. The Morgan fingerprint density at radius 1 is 0.895 bits per heavy atom. The number of hydrogen-bond acceptors (Lipinski definition) is 5. The predicted octanol–water partition coefficient (Wildman–Crippen LogP) is 6.07. The second-order valence-corrected chi connectivity index (χ2v) is 9.71. The van der Waals surface area contributed by atoms with Crippen molar-refractivity contribution in [2.45, 2.75) is 18.9 Å². The minimum absolute atomic E-state index is 0.0836. The van der Waals surface area contributed by atoms with Crippen molar-refractivity contribution in [3.63, 3.8) is 0 Å². The van der Waals surface area contributed by atoms with Gasteiger partial charge >= 0.3 is 0 Å². The summed E-state index contributed by atoms with van der Waals surface area (Å²) in [4.78, 5) is 19.3. The Morgan fingerprint density at radius 3 is 2.63 bits per heavy atom. The van der Waals surface area contributed by atoms with Gasteiger partial charge in [0.05, 0.1) is 28.8 Å². The van der Waals surface area contributed by atoms with Crippen LogP contribution in [0.2, 0.25) is 0 Å². The number of likely N-dealkylation sites (tertiary alicyclic amines) is 1. The molecule has 2 aromatic carbocycles. The maximum absolute atomic E-state index is 13.6. The SMILES string of the molecule is FC1(F)CCN(Cc2cccc(-c3ccc4[nH]nc(-c5nc6c(-c7cccnc7)cccc6[nH]5)c4n3)c2)C1. The van der Waals surface area contributed by atoms with E-state index in [1.54, 1.807) is 11.1 Å². The summed E-state index contributed by atoms with van der Waals surface area (Å²) in [6.45, 7) is 0.695. The number of imidazole rings is 1. The highest BCUT2D eigenvalue weighted by Crippen LogP contribution is 2.32. The molecule has 4 aromatic heterocycles. The summed E-state index contributed by atoms with van der Waals surface area (Å²) >= 11 is 0.